The number of thiazole rings is 1. The summed E-state index contributed by atoms with van der Waals surface area (Å²) in [7, 11) is 0. The van der Waals surface area contributed by atoms with Gasteiger partial charge in [0, 0.05) is 10.4 Å². The van der Waals surface area contributed by atoms with Crippen LogP contribution in [0.15, 0.2) is 23.6 Å². The number of ether oxygens (including phenoxy) is 1. The van der Waals surface area contributed by atoms with E-state index in [2.05, 4.69) is 4.98 Å². The van der Waals surface area contributed by atoms with E-state index in [1.54, 1.807) is 17.5 Å². The van der Waals surface area contributed by atoms with Crippen LogP contribution in [0.4, 0.5) is 0 Å². The molecule has 1 aromatic heterocycles. The average molecular weight is 260 g/mol. The molecule has 1 aromatic carbocycles. The van der Waals surface area contributed by atoms with Crippen molar-refractivity contribution in [3.8, 4) is 10.9 Å². The zero-order valence-corrected chi connectivity index (χ0v) is 10.2. The molecule has 0 spiro atoms. The lowest BCUT2D eigenvalue weighted by Crippen LogP contribution is -1.84. The molecule has 0 aliphatic carbocycles. The molecule has 78 valence electrons. The highest BCUT2D eigenvalue weighted by Gasteiger charge is 2.03. The first-order chi connectivity index (χ1) is 7.15. The maximum atomic E-state index is 5.90. The summed E-state index contributed by atoms with van der Waals surface area (Å²) in [5.74, 6) is 0.711. The second-order valence-electron chi connectivity index (χ2n) is 2.95. The number of hydrogen-bond acceptors (Lipinski definition) is 3. The summed E-state index contributed by atoms with van der Waals surface area (Å²) < 4.78 is 5.50. The number of hydrogen-bond donors (Lipinski definition) is 0. The Morgan fingerprint density at radius 2 is 2.13 bits per heavy atom. The van der Waals surface area contributed by atoms with Crippen molar-refractivity contribution in [1.82, 2.24) is 4.98 Å². The topological polar surface area (TPSA) is 22.1 Å². The molecule has 15 heavy (non-hydrogen) atoms. The second kappa shape index (κ2) is 4.39. The zero-order chi connectivity index (χ0) is 10.8. The number of rotatable bonds is 2. The van der Waals surface area contributed by atoms with Gasteiger partial charge in [0.2, 0.25) is 0 Å². The number of nitrogens with zero attached hydrogens (tertiary/aromatic N) is 1. The molecule has 0 amide bonds. The molecule has 0 radical (unpaired) electrons. The summed E-state index contributed by atoms with van der Waals surface area (Å²) in [5, 5.41) is 3.42. The van der Waals surface area contributed by atoms with Crippen molar-refractivity contribution in [1.29, 1.82) is 0 Å². The molecule has 0 atom stereocenters. The highest BCUT2D eigenvalue weighted by molar-refractivity contribution is 7.11. The summed E-state index contributed by atoms with van der Waals surface area (Å²) >= 11 is 12.9. The lowest BCUT2D eigenvalue weighted by Gasteiger charge is -2.03. The first-order valence-electron chi connectivity index (χ1n) is 4.20. The van der Waals surface area contributed by atoms with Crippen LogP contribution in [0, 0.1) is 6.92 Å². The Labute approximate surface area is 101 Å². The van der Waals surface area contributed by atoms with E-state index in [1.807, 2.05) is 13.0 Å². The van der Waals surface area contributed by atoms with Gasteiger partial charge in [0.1, 0.15) is 10.9 Å². The maximum Gasteiger partial charge on any atom is 0.280 e. The van der Waals surface area contributed by atoms with Crippen molar-refractivity contribution in [2.24, 2.45) is 0 Å². The molecule has 0 saturated heterocycles. The maximum absolute atomic E-state index is 5.90. The molecule has 5 heteroatoms. The van der Waals surface area contributed by atoms with Gasteiger partial charge in [-0.3, -0.25) is 0 Å². The van der Waals surface area contributed by atoms with E-state index in [4.69, 9.17) is 27.9 Å². The van der Waals surface area contributed by atoms with Crippen molar-refractivity contribution in [2.75, 3.05) is 0 Å². The standard InChI is InChI=1S/C10H7Cl2NOS/c1-6-4-7(2-3-8(6)11)14-10-13-9(12)5-15-10/h2-5H,1H3. The smallest absolute Gasteiger partial charge is 0.280 e. The van der Waals surface area contributed by atoms with Crippen molar-refractivity contribution in [3.63, 3.8) is 0 Å². The van der Waals surface area contributed by atoms with E-state index in [0.717, 1.165) is 10.6 Å². The van der Waals surface area contributed by atoms with Crippen molar-refractivity contribution in [3.05, 3.63) is 39.3 Å². The van der Waals surface area contributed by atoms with E-state index >= 15 is 0 Å². The van der Waals surface area contributed by atoms with Gasteiger partial charge in [-0.1, -0.05) is 34.5 Å². The Balaban J connectivity index is 2.21. The van der Waals surface area contributed by atoms with Crippen LogP contribution < -0.4 is 4.74 Å². The highest BCUT2D eigenvalue weighted by atomic mass is 35.5. The largest absolute Gasteiger partial charge is 0.431 e. The van der Waals surface area contributed by atoms with Crippen LogP contribution in [-0.2, 0) is 0 Å². The van der Waals surface area contributed by atoms with E-state index in [1.165, 1.54) is 11.3 Å². The average Bonchev–Trinajstić information content (AvgIpc) is 2.58. The minimum absolute atomic E-state index is 0.445. The number of halogens is 2. The SMILES string of the molecule is Cc1cc(Oc2nc(Cl)cs2)ccc1Cl. The number of aromatic nitrogens is 1. The molecule has 0 unspecified atom stereocenters. The van der Waals surface area contributed by atoms with Crippen LogP contribution in [0.25, 0.3) is 0 Å². The molecule has 1 heterocycles. The van der Waals surface area contributed by atoms with Gasteiger partial charge >= 0.3 is 0 Å². The number of benzene rings is 1. The fourth-order valence-corrected chi connectivity index (χ4v) is 1.99. The molecular formula is C10H7Cl2NOS. The van der Waals surface area contributed by atoms with E-state index in [9.17, 15) is 0 Å². The van der Waals surface area contributed by atoms with Crippen LogP contribution in [0.2, 0.25) is 10.2 Å². The summed E-state index contributed by atoms with van der Waals surface area (Å²) in [6.07, 6.45) is 0. The number of aryl methyl sites for hydroxylation is 1. The van der Waals surface area contributed by atoms with E-state index < -0.39 is 0 Å². The highest BCUT2D eigenvalue weighted by Crippen LogP contribution is 2.29. The molecule has 0 saturated carbocycles. The summed E-state index contributed by atoms with van der Waals surface area (Å²) in [6, 6.07) is 5.45. The molecule has 2 nitrogen and oxygen atoms in total. The summed E-state index contributed by atoms with van der Waals surface area (Å²) in [4.78, 5) is 3.99. The van der Waals surface area contributed by atoms with Crippen LogP contribution in [0.5, 0.6) is 10.9 Å². The Hall–Kier alpha value is -0.770. The van der Waals surface area contributed by atoms with Crippen LogP contribution in [-0.4, -0.2) is 4.98 Å². The van der Waals surface area contributed by atoms with Crippen molar-refractivity contribution < 1.29 is 4.74 Å². The van der Waals surface area contributed by atoms with Gasteiger partial charge in [-0.05, 0) is 30.7 Å². The molecule has 2 rings (SSSR count). The molecule has 0 aliphatic heterocycles. The summed E-state index contributed by atoms with van der Waals surface area (Å²) in [6.45, 7) is 1.92. The molecule has 0 bridgehead atoms. The fraction of sp³-hybridized carbons (Fsp3) is 0.100. The van der Waals surface area contributed by atoms with E-state index in [-0.39, 0.29) is 0 Å². The minimum Gasteiger partial charge on any atom is -0.431 e. The van der Waals surface area contributed by atoms with Gasteiger partial charge in [-0.15, -0.1) is 0 Å². The Morgan fingerprint density at radius 3 is 2.73 bits per heavy atom. The Bertz CT molecular complexity index is 484. The lowest BCUT2D eigenvalue weighted by molar-refractivity contribution is 0.478. The molecule has 2 aromatic rings. The van der Waals surface area contributed by atoms with Crippen molar-refractivity contribution in [2.45, 2.75) is 6.92 Å². The monoisotopic (exact) mass is 259 g/mol. The van der Waals surface area contributed by atoms with Crippen LogP contribution in [0.1, 0.15) is 5.56 Å². The molecule has 0 fully saturated rings. The fourth-order valence-electron chi connectivity index (χ4n) is 1.07. The molecule has 0 aliphatic rings. The predicted octanol–water partition coefficient (Wildman–Crippen LogP) is 4.55. The minimum atomic E-state index is 0.445. The quantitative estimate of drug-likeness (QED) is 0.790. The predicted molar refractivity (Wildman–Crippen MR) is 63.4 cm³/mol. The first kappa shape index (κ1) is 10.7. The van der Waals surface area contributed by atoms with Crippen LogP contribution in [0.3, 0.4) is 0 Å². The Kier molecular flexibility index (Phi) is 3.14. The first-order valence-corrected chi connectivity index (χ1v) is 5.84. The molecule has 0 N–H and O–H groups in total. The van der Waals surface area contributed by atoms with Gasteiger partial charge in [-0.25, -0.2) is 0 Å². The third-order valence-electron chi connectivity index (χ3n) is 1.79. The van der Waals surface area contributed by atoms with E-state index in [0.29, 0.717) is 16.1 Å². The van der Waals surface area contributed by atoms with Gasteiger partial charge in [0.25, 0.3) is 5.19 Å². The van der Waals surface area contributed by atoms with Crippen molar-refractivity contribution >= 4 is 34.5 Å². The lowest BCUT2D eigenvalue weighted by atomic mass is 10.2. The Morgan fingerprint density at radius 1 is 1.33 bits per heavy atom. The van der Waals surface area contributed by atoms with Gasteiger partial charge < -0.3 is 4.74 Å². The van der Waals surface area contributed by atoms with Gasteiger partial charge in [0.05, 0.1) is 0 Å². The van der Waals surface area contributed by atoms with Gasteiger partial charge in [0.15, 0.2) is 0 Å². The summed E-state index contributed by atoms with van der Waals surface area (Å²) in [5.41, 5.74) is 0.969. The normalized spacial score (nSPS) is 10.3. The molecular weight excluding hydrogens is 253 g/mol. The van der Waals surface area contributed by atoms with Crippen LogP contribution >= 0.6 is 34.5 Å². The third-order valence-corrected chi connectivity index (χ3v) is 3.25. The van der Waals surface area contributed by atoms with Gasteiger partial charge in [-0.2, -0.15) is 4.98 Å². The third kappa shape index (κ3) is 2.62. The zero-order valence-electron chi connectivity index (χ0n) is 7.83. The second-order valence-corrected chi connectivity index (χ2v) is 4.56.